The number of carbonyl (C=O) groups is 1. The number of benzene rings is 1. The second-order valence-electron chi connectivity index (χ2n) is 11.9. The molecule has 5 rings (SSSR count). The Labute approximate surface area is 260 Å². The number of aromatic nitrogens is 2. The Morgan fingerprint density at radius 3 is 2.55 bits per heavy atom. The molecular weight excluding hydrogens is 597 g/mol. The van der Waals surface area contributed by atoms with Crippen molar-refractivity contribution in [1.82, 2.24) is 20.2 Å². The number of nitrogens with zero attached hydrogens (tertiary/aromatic N) is 4. The van der Waals surface area contributed by atoms with Gasteiger partial charge in [0.1, 0.15) is 29.4 Å². The minimum absolute atomic E-state index is 0.0120. The molecular formula is C30H41ClFN5O7. The fourth-order valence-electron chi connectivity index (χ4n) is 5.97. The van der Waals surface area contributed by atoms with E-state index in [0.29, 0.717) is 54.5 Å². The fourth-order valence-corrected chi connectivity index (χ4v) is 6.07. The molecule has 1 spiro atoms. The van der Waals surface area contributed by atoms with Crippen LogP contribution in [0.2, 0.25) is 5.02 Å². The van der Waals surface area contributed by atoms with Crippen LogP contribution in [0.3, 0.4) is 0 Å². The normalized spacial score (nSPS) is 21.8. The van der Waals surface area contributed by atoms with E-state index in [1.807, 2.05) is 0 Å². The zero-order valence-corrected chi connectivity index (χ0v) is 25.3. The molecule has 0 aliphatic carbocycles. The van der Waals surface area contributed by atoms with Crippen molar-refractivity contribution < 1.29 is 39.1 Å². The first-order valence-corrected chi connectivity index (χ1v) is 15.5. The van der Waals surface area contributed by atoms with Crippen LogP contribution in [0.5, 0.6) is 5.75 Å². The molecule has 4 atom stereocenters. The Morgan fingerprint density at radius 2 is 1.91 bits per heavy atom. The number of aliphatic hydroxyl groups excluding tert-OH is 4. The number of nitrogens with one attached hydrogen (secondary N) is 1. The van der Waals surface area contributed by atoms with Crippen LogP contribution in [-0.2, 0) is 16.0 Å². The van der Waals surface area contributed by atoms with E-state index in [9.17, 15) is 24.5 Å². The van der Waals surface area contributed by atoms with Gasteiger partial charge < -0.3 is 45.0 Å². The van der Waals surface area contributed by atoms with Crippen molar-refractivity contribution in [1.29, 1.82) is 0 Å². The number of hydrogen-bond acceptors (Lipinski definition) is 11. The predicted octanol–water partition coefficient (Wildman–Crippen LogP) is 0.532. The van der Waals surface area contributed by atoms with E-state index in [2.05, 4.69) is 20.2 Å². The molecule has 242 valence electrons. The summed E-state index contributed by atoms with van der Waals surface area (Å²) in [6.45, 7) is 2.65. The molecule has 1 aromatic heterocycles. The summed E-state index contributed by atoms with van der Waals surface area (Å²) in [5.74, 6) is 1.04. The van der Waals surface area contributed by atoms with Gasteiger partial charge >= 0.3 is 0 Å². The van der Waals surface area contributed by atoms with Crippen molar-refractivity contribution in [3.63, 3.8) is 0 Å². The van der Waals surface area contributed by atoms with Gasteiger partial charge in [-0.1, -0.05) is 17.7 Å². The fraction of sp³-hybridized carbons (Fsp3) is 0.633. The third kappa shape index (κ3) is 7.76. The lowest BCUT2D eigenvalue weighted by molar-refractivity contribution is -0.243. The van der Waals surface area contributed by atoms with Gasteiger partial charge in [0.25, 0.3) is 0 Å². The van der Waals surface area contributed by atoms with E-state index in [4.69, 9.17) is 26.2 Å². The molecule has 2 aromatic rings. The van der Waals surface area contributed by atoms with E-state index in [1.165, 1.54) is 6.07 Å². The van der Waals surface area contributed by atoms with Gasteiger partial charge in [0.15, 0.2) is 0 Å². The van der Waals surface area contributed by atoms with Crippen molar-refractivity contribution in [3.05, 3.63) is 47.0 Å². The van der Waals surface area contributed by atoms with E-state index in [0.717, 1.165) is 38.8 Å². The van der Waals surface area contributed by atoms with Crippen LogP contribution in [0.25, 0.3) is 0 Å². The maximum Gasteiger partial charge on any atom is 0.227 e. The maximum absolute atomic E-state index is 14.8. The minimum atomic E-state index is -1.48. The number of hydrogen-bond donors (Lipinski definition) is 5. The van der Waals surface area contributed by atoms with E-state index >= 15 is 0 Å². The number of carbonyl (C=O) groups excluding carboxylic acids is 1. The molecule has 5 N–H and O–H groups in total. The summed E-state index contributed by atoms with van der Waals surface area (Å²) in [4.78, 5) is 25.2. The summed E-state index contributed by atoms with van der Waals surface area (Å²) < 4.78 is 26.3. The second-order valence-corrected chi connectivity index (χ2v) is 12.4. The van der Waals surface area contributed by atoms with Crippen LogP contribution in [0.1, 0.15) is 31.2 Å². The van der Waals surface area contributed by atoms with Gasteiger partial charge in [0.2, 0.25) is 11.9 Å². The molecule has 14 heteroatoms. The van der Waals surface area contributed by atoms with Crippen LogP contribution in [-0.4, -0.2) is 124 Å². The first-order chi connectivity index (χ1) is 21.2. The first-order valence-electron chi connectivity index (χ1n) is 15.1. The lowest BCUT2D eigenvalue weighted by Gasteiger charge is -2.60. The smallest absolute Gasteiger partial charge is 0.227 e. The Bertz CT molecular complexity index is 1250. The highest BCUT2D eigenvalue weighted by Gasteiger charge is 2.57. The number of rotatable bonds is 14. The lowest BCUT2D eigenvalue weighted by atomic mass is 9.81. The molecule has 1 aromatic carbocycles. The van der Waals surface area contributed by atoms with Crippen LogP contribution in [0.4, 0.5) is 10.3 Å². The molecule has 3 saturated heterocycles. The number of likely N-dealkylation sites (tertiary alicyclic amines) is 1. The molecule has 44 heavy (non-hydrogen) atoms. The molecule has 3 fully saturated rings. The third-order valence-corrected chi connectivity index (χ3v) is 9.08. The van der Waals surface area contributed by atoms with Gasteiger partial charge in [0.05, 0.1) is 68.9 Å². The number of aliphatic hydroxyl groups is 4. The molecule has 12 nitrogen and oxygen atoms in total. The second kappa shape index (κ2) is 14.6. The molecule has 3 aliphatic heterocycles. The Hall–Kier alpha value is -2.65. The van der Waals surface area contributed by atoms with Crippen molar-refractivity contribution in [2.75, 3.05) is 57.4 Å². The van der Waals surface area contributed by atoms with Crippen molar-refractivity contribution in [3.8, 4) is 5.75 Å². The highest BCUT2D eigenvalue weighted by Crippen LogP contribution is 2.37. The standard InChI is InChI=1S/C30H41ClFN5O7/c31-21-12-34-29(35-13-21)36-7-5-19(6-8-36)2-1-9-43-22-4-3-20(23(32)11-22)10-27(41)37-17-30(18-37)26(16-44-30)33-14-24(39)28(42)25(40)15-38/h3-4,11-13,19,24-26,28,33,38-40,42H,1-2,5-10,14-18H2/t24-,25+,26?,28-/m0/s1. The minimum Gasteiger partial charge on any atom is -0.493 e. The van der Waals surface area contributed by atoms with Crippen LogP contribution < -0.4 is 15.0 Å². The van der Waals surface area contributed by atoms with Crippen molar-refractivity contribution in [2.24, 2.45) is 5.92 Å². The predicted molar refractivity (Wildman–Crippen MR) is 159 cm³/mol. The lowest BCUT2D eigenvalue weighted by Crippen LogP contribution is -2.80. The molecule has 0 bridgehead atoms. The summed E-state index contributed by atoms with van der Waals surface area (Å²) in [6, 6.07) is 4.46. The average molecular weight is 638 g/mol. The quantitative estimate of drug-likeness (QED) is 0.184. The Kier molecular flexibility index (Phi) is 10.9. The van der Waals surface area contributed by atoms with Gasteiger partial charge in [-0.05, 0) is 43.2 Å². The largest absolute Gasteiger partial charge is 0.493 e. The number of anilines is 1. The van der Waals surface area contributed by atoms with E-state index in [1.54, 1.807) is 29.4 Å². The average Bonchev–Trinajstić information content (AvgIpc) is 2.99. The molecule has 1 unspecified atom stereocenters. The number of amides is 1. The van der Waals surface area contributed by atoms with Gasteiger partial charge in [-0.2, -0.15) is 0 Å². The van der Waals surface area contributed by atoms with E-state index < -0.39 is 36.3 Å². The molecule has 0 radical (unpaired) electrons. The van der Waals surface area contributed by atoms with Crippen molar-refractivity contribution in [2.45, 2.75) is 62.1 Å². The highest BCUT2D eigenvalue weighted by molar-refractivity contribution is 6.30. The van der Waals surface area contributed by atoms with Gasteiger partial charge in [0, 0.05) is 25.7 Å². The summed E-state index contributed by atoms with van der Waals surface area (Å²) in [5, 5.41) is 41.8. The Morgan fingerprint density at radius 1 is 1.18 bits per heavy atom. The molecule has 1 amide bonds. The molecule has 4 heterocycles. The number of piperidine rings is 1. The van der Waals surface area contributed by atoms with Crippen LogP contribution >= 0.6 is 11.6 Å². The first kappa shape index (κ1) is 32.7. The summed E-state index contributed by atoms with van der Waals surface area (Å²) in [6.07, 6.45) is 2.94. The highest BCUT2D eigenvalue weighted by atomic mass is 35.5. The van der Waals surface area contributed by atoms with E-state index in [-0.39, 0.29) is 24.9 Å². The maximum atomic E-state index is 14.8. The number of ether oxygens (including phenoxy) is 2. The van der Waals surface area contributed by atoms with Gasteiger partial charge in [-0.15, -0.1) is 0 Å². The topological polar surface area (TPSA) is 161 Å². The zero-order chi connectivity index (χ0) is 31.3. The van der Waals surface area contributed by atoms with Crippen molar-refractivity contribution >= 4 is 23.5 Å². The SMILES string of the molecule is O=C(Cc1ccc(OCCCC2CCN(c3ncc(Cl)cn3)CC2)cc1F)N1CC2(C1)OCC2NC[C@H](O)[C@H](O)[C@H](O)CO. The third-order valence-electron chi connectivity index (χ3n) is 8.89. The molecule has 0 saturated carbocycles. The molecule has 3 aliphatic rings. The van der Waals surface area contributed by atoms with Gasteiger partial charge in [-0.3, -0.25) is 4.79 Å². The van der Waals surface area contributed by atoms with Gasteiger partial charge in [-0.25, -0.2) is 14.4 Å². The summed E-state index contributed by atoms with van der Waals surface area (Å²) >= 11 is 5.88. The van der Waals surface area contributed by atoms with Crippen LogP contribution in [0.15, 0.2) is 30.6 Å². The zero-order valence-electron chi connectivity index (χ0n) is 24.5. The monoisotopic (exact) mass is 637 g/mol. The summed E-state index contributed by atoms with van der Waals surface area (Å²) in [7, 11) is 0. The summed E-state index contributed by atoms with van der Waals surface area (Å²) in [5.41, 5.74) is -0.294. The Balaban J connectivity index is 0.981. The number of halogens is 2. The van der Waals surface area contributed by atoms with Crippen LogP contribution in [0, 0.1) is 11.7 Å².